The number of hydrogen-bond donors (Lipinski definition) is 0. The zero-order chi connectivity index (χ0) is 8.36. The minimum absolute atomic E-state index is 0.774. The van der Waals surface area contributed by atoms with Crippen LogP contribution < -0.4 is 0 Å². The Morgan fingerprint density at radius 3 is 2.10 bits per heavy atom. The second-order valence-electron chi connectivity index (χ2n) is 1.54. The van der Waals surface area contributed by atoms with E-state index in [2.05, 4.69) is 4.74 Å². The normalized spacial score (nSPS) is 14.5. The van der Waals surface area contributed by atoms with Gasteiger partial charge in [0.1, 0.15) is 0 Å². The minimum atomic E-state index is -4.46. The Morgan fingerprint density at radius 1 is 1.60 bits per heavy atom. The Labute approximate surface area is 68.9 Å². The predicted octanol–water partition coefficient (Wildman–Crippen LogP) is 2.51. The summed E-state index contributed by atoms with van der Waals surface area (Å²) < 4.78 is 37.5. The number of alkyl halides is 3. The highest BCUT2D eigenvalue weighted by atomic mass is 127. The maximum Gasteiger partial charge on any atom is 0.425 e. The number of carbonyl (C=O) groups is 1. The van der Waals surface area contributed by atoms with Gasteiger partial charge < -0.3 is 4.74 Å². The minimum Gasteiger partial charge on any atom is -0.445 e. The molecule has 10 heavy (non-hydrogen) atoms. The van der Waals surface area contributed by atoms with Gasteiger partial charge in [-0.3, -0.25) is 0 Å². The van der Waals surface area contributed by atoms with Crippen molar-refractivity contribution in [1.29, 1.82) is 0 Å². The maximum absolute atomic E-state index is 11.5. The van der Waals surface area contributed by atoms with Crippen molar-refractivity contribution in [2.45, 2.75) is 19.2 Å². The topological polar surface area (TPSA) is 26.3 Å². The first-order chi connectivity index (χ1) is 4.34. The van der Waals surface area contributed by atoms with E-state index in [-0.39, 0.29) is 0 Å². The molecule has 6 heteroatoms. The fraction of sp³-hybridized carbons (Fsp3) is 0.750. The van der Waals surface area contributed by atoms with Crippen molar-refractivity contribution < 1.29 is 22.7 Å². The van der Waals surface area contributed by atoms with Crippen LogP contribution in [0.5, 0.6) is 0 Å². The Hall–Kier alpha value is -0.0100. The van der Waals surface area contributed by atoms with Crippen molar-refractivity contribution >= 4 is 26.6 Å². The summed E-state index contributed by atoms with van der Waals surface area (Å²) in [5.74, 6) is 0. The molecule has 1 unspecified atom stereocenters. The largest absolute Gasteiger partial charge is 0.445 e. The predicted molar refractivity (Wildman–Crippen MR) is 36.0 cm³/mol. The van der Waals surface area contributed by atoms with Crippen molar-refractivity contribution in [3.63, 3.8) is 0 Å². The molecule has 2 nitrogen and oxygen atoms in total. The summed E-state index contributed by atoms with van der Waals surface area (Å²) in [5.41, 5.74) is 0. The SMILES string of the molecule is CC(OC(=O)I)C(F)(F)F. The van der Waals surface area contributed by atoms with Crippen LogP contribution in [0.25, 0.3) is 0 Å². The highest BCUT2D eigenvalue weighted by molar-refractivity contribution is 14.1. The van der Waals surface area contributed by atoms with Crippen molar-refractivity contribution in [2.75, 3.05) is 0 Å². The summed E-state index contributed by atoms with van der Waals surface area (Å²) in [7, 11) is 0. The summed E-state index contributed by atoms with van der Waals surface area (Å²) in [6.07, 6.45) is -6.47. The van der Waals surface area contributed by atoms with Gasteiger partial charge >= 0.3 is 10.2 Å². The lowest BCUT2D eigenvalue weighted by atomic mass is 10.4. The van der Waals surface area contributed by atoms with E-state index < -0.39 is 16.3 Å². The number of ether oxygens (including phenoxy) is 1. The average Bonchev–Trinajstić information content (AvgIpc) is 1.60. The first kappa shape index (κ1) is 9.99. The molecule has 0 aromatic rings. The molecule has 0 aromatic carbocycles. The van der Waals surface area contributed by atoms with E-state index in [0.717, 1.165) is 29.5 Å². The third kappa shape index (κ3) is 3.91. The van der Waals surface area contributed by atoms with E-state index in [1.165, 1.54) is 0 Å². The monoisotopic (exact) mass is 268 g/mol. The third-order valence-electron chi connectivity index (χ3n) is 0.730. The van der Waals surface area contributed by atoms with Crippen LogP contribution in [-0.2, 0) is 4.74 Å². The molecule has 0 spiro atoms. The van der Waals surface area contributed by atoms with Gasteiger partial charge in [0.25, 0.3) is 0 Å². The molecule has 0 fully saturated rings. The molecule has 0 aliphatic rings. The summed E-state index contributed by atoms with van der Waals surface area (Å²) in [6.45, 7) is 0.774. The molecule has 0 bridgehead atoms. The van der Waals surface area contributed by atoms with E-state index in [4.69, 9.17) is 0 Å². The summed E-state index contributed by atoms with van der Waals surface area (Å²) in [6, 6.07) is 0. The van der Waals surface area contributed by atoms with Crippen molar-refractivity contribution in [3.05, 3.63) is 0 Å². The lowest BCUT2D eigenvalue weighted by Crippen LogP contribution is -2.29. The van der Waals surface area contributed by atoms with E-state index in [9.17, 15) is 18.0 Å². The molecule has 0 rings (SSSR count). The van der Waals surface area contributed by atoms with E-state index in [0.29, 0.717) is 0 Å². The van der Waals surface area contributed by atoms with Gasteiger partial charge in [0, 0.05) is 0 Å². The van der Waals surface area contributed by atoms with Gasteiger partial charge in [0.2, 0.25) is 0 Å². The van der Waals surface area contributed by atoms with Crippen molar-refractivity contribution in [1.82, 2.24) is 0 Å². The number of halogens is 4. The Balaban J connectivity index is 3.85. The molecule has 0 amide bonds. The highest BCUT2D eigenvalue weighted by Gasteiger charge is 2.38. The van der Waals surface area contributed by atoms with E-state index >= 15 is 0 Å². The molecule has 0 aliphatic carbocycles. The first-order valence-corrected chi connectivity index (χ1v) is 3.34. The van der Waals surface area contributed by atoms with Gasteiger partial charge in [-0.15, -0.1) is 0 Å². The van der Waals surface area contributed by atoms with Crippen LogP contribution >= 0.6 is 22.6 Å². The fourth-order valence-electron chi connectivity index (χ4n) is 0.206. The van der Waals surface area contributed by atoms with Crippen LogP contribution in [0.4, 0.5) is 18.0 Å². The second kappa shape index (κ2) is 3.40. The Kier molecular flexibility index (Phi) is 3.40. The number of carbonyl (C=O) groups excluding carboxylic acids is 1. The number of rotatable bonds is 1. The summed E-state index contributed by atoms with van der Waals surface area (Å²) >= 11 is 1.14. The second-order valence-corrected chi connectivity index (χ2v) is 2.42. The molecule has 60 valence electrons. The molecule has 0 saturated carbocycles. The number of hydrogen-bond acceptors (Lipinski definition) is 2. The quantitative estimate of drug-likeness (QED) is 0.539. The Bertz CT molecular complexity index is 133. The first-order valence-electron chi connectivity index (χ1n) is 2.27. The molecular weight excluding hydrogens is 264 g/mol. The molecule has 0 aromatic heterocycles. The molecule has 0 N–H and O–H groups in total. The van der Waals surface area contributed by atoms with Crippen LogP contribution in [0.15, 0.2) is 0 Å². The van der Waals surface area contributed by atoms with Crippen LogP contribution in [0, 0.1) is 0 Å². The molecule has 1 atom stereocenters. The van der Waals surface area contributed by atoms with Crippen LogP contribution in [-0.4, -0.2) is 16.3 Å². The van der Waals surface area contributed by atoms with Crippen LogP contribution in [0.2, 0.25) is 0 Å². The third-order valence-corrected chi connectivity index (χ3v) is 0.985. The van der Waals surface area contributed by atoms with Gasteiger partial charge in [-0.05, 0) is 6.92 Å². The van der Waals surface area contributed by atoms with Gasteiger partial charge in [-0.1, -0.05) is 0 Å². The Morgan fingerprint density at radius 2 is 2.00 bits per heavy atom. The summed E-state index contributed by atoms with van der Waals surface area (Å²) in [5, 5.41) is 0. The van der Waals surface area contributed by atoms with E-state index in [1.54, 1.807) is 0 Å². The van der Waals surface area contributed by atoms with Crippen LogP contribution in [0.3, 0.4) is 0 Å². The zero-order valence-electron chi connectivity index (χ0n) is 4.91. The molecular formula is C4H4F3IO2. The van der Waals surface area contributed by atoms with E-state index in [1.807, 2.05) is 0 Å². The van der Waals surface area contributed by atoms with Gasteiger partial charge in [-0.25, -0.2) is 4.79 Å². The lowest BCUT2D eigenvalue weighted by Gasteiger charge is -2.13. The van der Waals surface area contributed by atoms with Crippen molar-refractivity contribution in [3.8, 4) is 0 Å². The van der Waals surface area contributed by atoms with Crippen molar-refractivity contribution in [2.24, 2.45) is 0 Å². The summed E-state index contributed by atoms with van der Waals surface area (Å²) in [4.78, 5) is 9.97. The van der Waals surface area contributed by atoms with Gasteiger partial charge in [0.05, 0.1) is 22.6 Å². The van der Waals surface area contributed by atoms with Gasteiger partial charge in [0.15, 0.2) is 6.10 Å². The smallest absolute Gasteiger partial charge is 0.425 e. The zero-order valence-corrected chi connectivity index (χ0v) is 7.06. The van der Waals surface area contributed by atoms with Gasteiger partial charge in [-0.2, -0.15) is 13.2 Å². The molecule has 0 saturated heterocycles. The molecule has 0 aliphatic heterocycles. The fourth-order valence-corrected chi connectivity index (χ4v) is 0.587. The average molecular weight is 268 g/mol. The highest BCUT2D eigenvalue weighted by Crippen LogP contribution is 2.22. The lowest BCUT2D eigenvalue weighted by molar-refractivity contribution is -0.194. The van der Waals surface area contributed by atoms with Crippen LogP contribution in [0.1, 0.15) is 6.92 Å². The molecule has 0 radical (unpaired) electrons. The standard InChI is InChI=1S/C4H4F3IO2/c1-2(4(5,6)7)10-3(8)9/h2H,1H3. The maximum atomic E-state index is 11.5. The molecule has 0 heterocycles.